The van der Waals surface area contributed by atoms with Gasteiger partial charge in [0.2, 0.25) is 0 Å². The predicted octanol–water partition coefficient (Wildman–Crippen LogP) is 3.82. The largest absolute Gasteiger partial charge is 0.481 e. The van der Waals surface area contributed by atoms with Crippen LogP contribution < -0.4 is 0 Å². The van der Waals surface area contributed by atoms with Gasteiger partial charge in [0.25, 0.3) is 0 Å². The Bertz CT molecular complexity index is 445. The number of hydrogen-bond donors (Lipinski definition) is 1. The van der Waals surface area contributed by atoms with Crippen LogP contribution in [0.25, 0.3) is 0 Å². The number of carboxylic acid groups (broad SMARTS) is 1. The van der Waals surface area contributed by atoms with Gasteiger partial charge in [0.1, 0.15) is 0 Å². The third-order valence-electron chi connectivity index (χ3n) is 3.58. The standard InChI is InChI=1S/C14H17Cl2NO2/c15-12-5-3-6-13(16)11(12)9-17-7-2-1-4-10(17)8-14(18)19/h3,5-6,10H,1-2,4,7-9H2,(H,18,19). The zero-order valence-electron chi connectivity index (χ0n) is 10.6. The van der Waals surface area contributed by atoms with Crippen molar-refractivity contribution in [2.24, 2.45) is 0 Å². The van der Waals surface area contributed by atoms with E-state index in [0.29, 0.717) is 16.6 Å². The van der Waals surface area contributed by atoms with Gasteiger partial charge in [-0.3, -0.25) is 9.69 Å². The molecule has 0 bridgehead atoms. The molecule has 1 N–H and O–H groups in total. The van der Waals surface area contributed by atoms with Crippen LogP contribution in [0.5, 0.6) is 0 Å². The van der Waals surface area contributed by atoms with E-state index in [4.69, 9.17) is 28.3 Å². The van der Waals surface area contributed by atoms with Gasteiger partial charge in [0, 0.05) is 28.2 Å². The van der Waals surface area contributed by atoms with Crippen LogP contribution in [0, 0.1) is 0 Å². The normalized spacial score (nSPS) is 20.4. The maximum Gasteiger partial charge on any atom is 0.304 e. The molecule has 0 saturated carbocycles. The van der Waals surface area contributed by atoms with Gasteiger partial charge < -0.3 is 5.11 Å². The molecule has 1 aliphatic heterocycles. The summed E-state index contributed by atoms with van der Waals surface area (Å²) in [6.45, 7) is 1.52. The Hall–Kier alpha value is -0.770. The highest BCUT2D eigenvalue weighted by atomic mass is 35.5. The summed E-state index contributed by atoms with van der Waals surface area (Å²) >= 11 is 12.3. The summed E-state index contributed by atoms with van der Waals surface area (Å²) in [6, 6.07) is 5.54. The molecular weight excluding hydrogens is 285 g/mol. The molecule has 0 spiro atoms. The molecule has 1 aliphatic rings. The van der Waals surface area contributed by atoms with Crippen LogP contribution in [0.2, 0.25) is 10.0 Å². The highest BCUT2D eigenvalue weighted by Crippen LogP contribution is 2.29. The number of piperidine rings is 1. The van der Waals surface area contributed by atoms with Crippen LogP contribution >= 0.6 is 23.2 Å². The zero-order chi connectivity index (χ0) is 13.8. The molecule has 1 heterocycles. The van der Waals surface area contributed by atoms with Crippen LogP contribution in [0.3, 0.4) is 0 Å². The lowest BCUT2D eigenvalue weighted by atomic mass is 9.98. The van der Waals surface area contributed by atoms with E-state index < -0.39 is 5.97 Å². The van der Waals surface area contributed by atoms with Crippen molar-refractivity contribution in [3.63, 3.8) is 0 Å². The summed E-state index contributed by atoms with van der Waals surface area (Å²) in [5, 5.41) is 10.3. The SMILES string of the molecule is O=C(O)CC1CCCCN1Cc1c(Cl)cccc1Cl. The summed E-state index contributed by atoms with van der Waals surface area (Å²) in [5.41, 5.74) is 0.892. The van der Waals surface area contributed by atoms with E-state index >= 15 is 0 Å². The Morgan fingerprint density at radius 1 is 1.32 bits per heavy atom. The molecular formula is C14H17Cl2NO2. The zero-order valence-corrected chi connectivity index (χ0v) is 12.1. The minimum absolute atomic E-state index is 0.0820. The average Bonchev–Trinajstić information content (AvgIpc) is 2.35. The van der Waals surface area contributed by atoms with Gasteiger partial charge in [0.15, 0.2) is 0 Å². The van der Waals surface area contributed by atoms with Gasteiger partial charge >= 0.3 is 5.97 Å². The number of carbonyl (C=O) groups is 1. The fraction of sp³-hybridized carbons (Fsp3) is 0.500. The molecule has 0 aliphatic carbocycles. The molecule has 0 radical (unpaired) electrons. The highest BCUT2D eigenvalue weighted by molar-refractivity contribution is 6.35. The third-order valence-corrected chi connectivity index (χ3v) is 4.29. The second kappa shape index (κ2) is 6.60. The van der Waals surface area contributed by atoms with Gasteiger partial charge in [-0.05, 0) is 31.5 Å². The quantitative estimate of drug-likeness (QED) is 0.919. The minimum Gasteiger partial charge on any atom is -0.481 e. The molecule has 1 unspecified atom stereocenters. The molecule has 1 fully saturated rings. The fourth-order valence-electron chi connectivity index (χ4n) is 2.59. The van der Waals surface area contributed by atoms with Crippen molar-refractivity contribution in [2.45, 2.75) is 38.3 Å². The first kappa shape index (κ1) is 14.6. The van der Waals surface area contributed by atoms with E-state index in [1.165, 1.54) is 0 Å². The number of halogens is 2. The van der Waals surface area contributed by atoms with Crippen molar-refractivity contribution in [2.75, 3.05) is 6.54 Å². The highest BCUT2D eigenvalue weighted by Gasteiger charge is 2.25. The topological polar surface area (TPSA) is 40.5 Å². The van der Waals surface area contributed by atoms with Crippen LogP contribution in [-0.4, -0.2) is 28.6 Å². The Labute approximate surface area is 123 Å². The van der Waals surface area contributed by atoms with Crippen molar-refractivity contribution in [3.05, 3.63) is 33.8 Å². The van der Waals surface area contributed by atoms with Gasteiger partial charge in [-0.25, -0.2) is 0 Å². The van der Waals surface area contributed by atoms with Gasteiger partial charge in [-0.1, -0.05) is 35.7 Å². The van der Waals surface area contributed by atoms with Crippen molar-refractivity contribution >= 4 is 29.2 Å². The number of benzene rings is 1. The lowest BCUT2D eigenvalue weighted by molar-refractivity contribution is -0.138. The maximum atomic E-state index is 10.9. The first-order valence-corrected chi connectivity index (χ1v) is 7.22. The number of carboxylic acids is 1. The molecule has 1 atom stereocenters. The predicted molar refractivity (Wildman–Crippen MR) is 76.8 cm³/mol. The summed E-state index contributed by atoms with van der Waals surface area (Å²) in [5.74, 6) is -0.748. The first-order valence-electron chi connectivity index (χ1n) is 6.46. The smallest absolute Gasteiger partial charge is 0.304 e. The van der Waals surface area contributed by atoms with E-state index in [-0.39, 0.29) is 12.5 Å². The molecule has 3 nitrogen and oxygen atoms in total. The first-order chi connectivity index (χ1) is 9.08. The lowest BCUT2D eigenvalue weighted by Gasteiger charge is -2.35. The van der Waals surface area contributed by atoms with Crippen molar-refractivity contribution in [3.8, 4) is 0 Å². The molecule has 5 heteroatoms. The van der Waals surface area contributed by atoms with Gasteiger partial charge in [0.05, 0.1) is 6.42 Å². The Morgan fingerprint density at radius 3 is 2.63 bits per heavy atom. The molecule has 19 heavy (non-hydrogen) atoms. The van der Waals surface area contributed by atoms with Crippen LogP contribution in [0.4, 0.5) is 0 Å². The summed E-state index contributed by atoms with van der Waals surface area (Å²) in [6.07, 6.45) is 3.29. The minimum atomic E-state index is -0.748. The van der Waals surface area contributed by atoms with Gasteiger partial charge in [-0.15, -0.1) is 0 Å². The van der Waals surface area contributed by atoms with E-state index in [9.17, 15) is 4.79 Å². The second-order valence-electron chi connectivity index (χ2n) is 4.92. The van der Waals surface area contributed by atoms with E-state index in [1.54, 1.807) is 0 Å². The summed E-state index contributed by atoms with van der Waals surface area (Å²) in [7, 11) is 0. The molecule has 2 rings (SSSR count). The van der Waals surface area contributed by atoms with Crippen LogP contribution in [-0.2, 0) is 11.3 Å². The molecule has 104 valence electrons. The molecule has 0 amide bonds. The van der Waals surface area contributed by atoms with Crippen molar-refractivity contribution in [1.29, 1.82) is 0 Å². The van der Waals surface area contributed by atoms with E-state index in [1.807, 2.05) is 18.2 Å². The molecule has 1 aromatic carbocycles. The Morgan fingerprint density at radius 2 is 2.00 bits per heavy atom. The van der Waals surface area contributed by atoms with Gasteiger partial charge in [-0.2, -0.15) is 0 Å². The molecule has 1 saturated heterocycles. The monoisotopic (exact) mass is 301 g/mol. The maximum absolute atomic E-state index is 10.9. The lowest BCUT2D eigenvalue weighted by Crippen LogP contribution is -2.40. The number of likely N-dealkylation sites (tertiary alicyclic amines) is 1. The second-order valence-corrected chi connectivity index (χ2v) is 5.73. The number of nitrogens with zero attached hydrogens (tertiary/aromatic N) is 1. The van der Waals surface area contributed by atoms with E-state index in [0.717, 1.165) is 31.4 Å². The number of rotatable bonds is 4. The average molecular weight is 302 g/mol. The number of hydrogen-bond acceptors (Lipinski definition) is 2. The van der Waals surface area contributed by atoms with Crippen LogP contribution in [0.1, 0.15) is 31.2 Å². The van der Waals surface area contributed by atoms with E-state index in [2.05, 4.69) is 4.90 Å². The molecule has 0 aromatic heterocycles. The van der Waals surface area contributed by atoms with Crippen molar-refractivity contribution in [1.82, 2.24) is 4.90 Å². The molecule has 1 aromatic rings. The van der Waals surface area contributed by atoms with Crippen molar-refractivity contribution < 1.29 is 9.90 Å². The Balaban J connectivity index is 2.13. The third kappa shape index (κ3) is 3.85. The Kier molecular flexibility index (Phi) is 5.08. The number of aliphatic carboxylic acids is 1. The summed E-state index contributed by atoms with van der Waals surface area (Å²) in [4.78, 5) is 13.1. The van der Waals surface area contributed by atoms with Crippen LogP contribution in [0.15, 0.2) is 18.2 Å². The summed E-state index contributed by atoms with van der Waals surface area (Å²) < 4.78 is 0. The fourth-order valence-corrected chi connectivity index (χ4v) is 3.10.